The van der Waals surface area contributed by atoms with Gasteiger partial charge in [-0.1, -0.05) is 12.8 Å². The molecule has 1 heterocycles. The van der Waals surface area contributed by atoms with E-state index in [1.807, 2.05) is 0 Å². The molecule has 0 spiro atoms. The molecule has 14 heavy (non-hydrogen) atoms. The first-order chi connectivity index (χ1) is 6.88. The van der Waals surface area contributed by atoms with E-state index in [1.54, 1.807) is 19.5 Å². The Labute approximate surface area is 83.7 Å². The largest absolute Gasteiger partial charge is 0.494 e. The average Bonchev–Trinajstić information content (AvgIpc) is 2.72. The number of hydrogen-bond donors (Lipinski definition) is 1. The molecule has 4 nitrogen and oxygen atoms in total. The summed E-state index contributed by atoms with van der Waals surface area (Å²) in [6.07, 6.45) is 8.46. The van der Waals surface area contributed by atoms with Gasteiger partial charge in [-0.2, -0.15) is 0 Å². The number of aromatic nitrogens is 2. The van der Waals surface area contributed by atoms with E-state index >= 15 is 0 Å². The maximum Gasteiger partial charge on any atom is 0.223 e. The monoisotopic (exact) mass is 193 g/mol. The molecular weight excluding hydrogens is 178 g/mol. The molecule has 1 saturated carbocycles. The zero-order chi connectivity index (χ0) is 9.80. The zero-order valence-corrected chi connectivity index (χ0v) is 8.36. The molecule has 0 atom stereocenters. The first kappa shape index (κ1) is 9.24. The highest BCUT2D eigenvalue weighted by molar-refractivity contribution is 5.28. The number of nitrogens with zero attached hydrogens (tertiary/aromatic N) is 2. The van der Waals surface area contributed by atoms with Gasteiger partial charge in [0.05, 0.1) is 19.5 Å². The van der Waals surface area contributed by atoms with E-state index in [9.17, 15) is 0 Å². The SMILES string of the molecule is COc1cnc(NC2CCCC2)nc1. The summed E-state index contributed by atoms with van der Waals surface area (Å²) in [5.74, 6) is 1.40. The number of ether oxygens (including phenoxy) is 1. The molecule has 1 fully saturated rings. The predicted octanol–water partition coefficient (Wildman–Crippen LogP) is 1.84. The second-order valence-electron chi connectivity index (χ2n) is 3.57. The van der Waals surface area contributed by atoms with Gasteiger partial charge in [0.1, 0.15) is 0 Å². The van der Waals surface area contributed by atoms with Crippen molar-refractivity contribution in [3.8, 4) is 5.75 Å². The third kappa shape index (κ3) is 2.13. The third-order valence-electron chi connectivity index (χ3n) is 2.55. The Morgan fingerprint density at radius 2 is 1.93 bits per heavy atom. The van der Waals surface area contributed by atoms with Crippen molar-refractivity contribution in [2.24, 2.45) is 0 Å². The van der Waals surface area contributed by atoms with Crippen molar-refractivity contribution in [2.45, 2.75) is 31.7 Å². The molecule has 0 unspecified atom stereocenters. The standard InChI is InChI=1S/C10H15N3O/c1-14-9-6-11-10(12-7-9)13-8-4-2-3-5-8/h6-8H,2-5H2,1H3,(H,11,12,13). The summed E-state index contributed by atoms with van der Waals surface area (Å²) in [4.78, 5) is 8.33. The van der Waals surface area contributed by atoms with Crippen molar-refractivity contribution in [1.29, 1.82) is 0 Å². The normalized spacial score (nSPS) is 16.9. The van der Waals surface area contributed by atoms with Crippen molar-refractivity contribution in [2.75, 3.05) is 12.4 Å². The summed E-state index contributed by atoms with van der Waals surface area (Å²) in [6.45, 7) is 0. The summed E-state index contributed by atoms with van der Waals surface area (Å²) in [6, 6.07) is 0.559. The van der Waals surface area contributed by atoms with E-state index in [0.29, 0.717) is 17.7 Å². The molecule has 1 aliphatic carbocycles. The lowest BCUT2D eigenvalue weighted by Gasteiger charge is -2.11. The lowest BCUT2D eigenvalue weighted by Crippen LogP contribution is -2.16. The minimum Gasteiger partial charge on any atom is -0.494 e. The van der Waals surface area contributed by atoms with E-state index in [-0.39, 0.29) is 0 Å². The maximum absolute atomic E-state index is 4.99. The lowest BCUT2D eigenvalue weighted by molar-refractivity contribution is 0.411. The Kier molecular flexibility index (Phi) is 2.81. The van der Waals surface area contributed by atoms with Crippen LogP contribution >= 0.6 is 0 Å². The predicted molar refractivity (Wildman–Crippen MR) is 54.5 cm³/mol. The summed E-state index contributed by atoms with van der Waals surface area (Å²) in [7, 11) is 1.61. The van der Waals surface area contributed by atoms with Crippen LogP contribution in [0.15, 0.2) is 12.4 Å². The Balaban J connectivity index is 1.95. The van der Waals surface area contributed by atoms with Gasteiger partial charge in [-0.15, -0.1) is 0 Å². The molecule has 0 radical (unpaired) electrons. The molecule has 1 N–H and O–H groups in total. The quantitative estimate of drug-likeness (QED) is 0.795. The molecule has 2 rings (SSSR count). The van der Waals surface area contributed by atoms with Crippen LogP contribution in [0.4, 0.5) is 5.95 Å². The molecule has 1 aromatic rings. The van der Waals surface area contributed by atoms with Gasteiger partial charge in [-0.05, 0) is 12.8 Å². The van der Waals surface area contributed by atoms with E-state index < -0.39 is 0 Å². The summed E-state index contributed by atoms with van der Waals surface area (Å²) in [5.41, 5.74) is 0. The highest BCUT2D eigenvalue weighted by Gasteiger charge is 2.15. The number of rotatable bonds is 3. The van der Waals surface area contributed by atoms with Crippen LogP contribution in [-0.2, 0) is 0 Å². The average molecular weight is 193 g/mol. The van der Waals surface area contributed by atoms with E-state index in [1.165, 1.54) is 25.7 Å². The summed E-state index contributed by atoms with van der Waals surface area (Å²) < 4.78 is 4.99. The maximum atomic E-state index is 4.99. The van der Waals surface area contributed by atoms with Crippen LogP contribution in [0.25, 0.3) is 0 Å². The first-order valence-electron chi connectivity index (χ1n) is 5.01. The van der Waals surface area contributed by atoms with E-state index in [4.69, 9.17) is 4.74 Å². The van der Waals surface area contributed by atoms with Crippen LogP contribution < -0.4 is 10.1 Å². The first-order valence-corrected chi connectivity index (χ1v) is 5.01. The van der Waals surface area contributed by atoms with Crippen molar-refractivity contribution in [3.05, 3.63) is 12.4 Å². The smallest absolute Gasteiger partial charge is 0.223 e. The van der Waals surface area contributed by atoms with Crippen molar-refractivity contribution < 1.29 is 4.74 Å². The number of anilines is 1. The van der Waals surface area contributed by atoms with Crippen LogP contribution in [0.5, 0.6) is 5.75 Å². The molecule has 76 valence electrons. The fourth-order valence-corrected chi connectivity index (χ4v) is 1.75. The van der Waals surface area contributed by atoms with Gasteiger partial charge >= 0.3 is 0 Å². The molecule has 0 saturated heterocycles. The fraction of sp³-hybridized carbons (Fsp3) is 0.600. The van der Waals surface area contributed by atoms with Gasteiger partial charge in [0, 0.05) is 6.04 Å². The molecule has 1 aromatic heterocycles. The van der Waals surface area contributed by atoms with Crippen LogP contribution in [0.1, 0.15) is 25.7 Å². The summed E-state index contributed by atoms with van der Waals surface area (Å²) >= 11 is 0. The van der Waals surface area contributed by atoms with Gasteiger partial charge in [0.2, 0.25) is 5.95 Å². The van der Waals surface area contributed by atoms with Crippen LogP contribution in [0.2, 0.25) is 0 Å². The topological polar surface area (TPSA) is 47.0 Å². The fourth-order valence-electron chi connectivity index (χ4n) is 1.75. The molecule has 4 heteroatoms. The van der Waals surface area contributed by atoms with Crippen LogP contribution in [-0.4, -0.2) is 23.1 Å². The van der Waals surface area contributed by atoms with Crippen molar-refractivity contribution in [1.82, 2.24) is 9.97 Å². The Hall–Kier alpha value is -1.32. The lowest BCUT2D eigenvalue weighted by atomic mass is 10.2. The number of hydrogen-bond acceptors (Lipinski definition) is 4. The van der Waals surface area contributed by atoms with Crippen molar-refractivity contribution in [3.63, 3.8) is 0 Å². The van der Waals surface area contributed by atoms with Crippen LogP contribution in [0.3, 0.4) is 0 Å². The van der Waals surface area contributed by atoms with E-state index in [2.05, 4.69) is 15.3 Å². The number of methoxy groups -OCH3 is 1. The second kappa shape index (κ2) is 4.26. The van der Waals surface area contributed by atoms with Crippen LogP contribution in [0, 0.1) is 0 Å². The molecular formula is C10H15N3O. The molecule has 0 bridgehead atoms. The Morgan fingerprint density at radius 3 is 2.50 bits per heavy atom. The molecule has 0 aromatic carbocycles. The van der Waals surface area contributed by atoms with Gasteiger partial charge in [0.25, 0.3) is 0 Å². The van der Waals surface area contributed by atoms with E-state index in [0.717, 1.165) is 0 Å². The molecule has 1 aliphatic rings. The van der Waals surface area contributed by atoms with Gasteiger partial charge < -0.3 is 10.1 Å². The third-order valence-corrected chi connectivity index (χ3v) is 2.55. The Bertz CT molecular complexity index is 280. The van der Waals surface area contributed by atoms with Gasteiger partial charge in [0.15, 0.2) is 5.75 Å². The minimum absolute atomic E-state index is 0.559. The molecule has 0 aliphatic heterocycles. The minimum atomic E-state index is 0.559. The molecule has 0 amide bonds. The Morgan fingerprint density at radius 1 is 1.29 bits per heavy atom. The zero-order valence-electron chi connectivity index (χ0n) is 8.36. The highest BCUT2D eigenvalue weighted by atomic mass is 16.5. The van der Waals surface area contributed by atoms with Crippen molar-refractivity contribution >= 4 is 5.95 Å². The highest BCUT2D eigenvalue weighted by Crippen LogP contribution is 2.20. The van der Waals surface area contributed by atoms with Gasteiger partial charge in [-0.3, -0.25) is 0 Å². The van der Waals surface area contributed by atoms with Gasteiger partial charge in [-0.25, -0.2) is 9.97 Å². The number of nitrogens with one attached hydrogen (secondary N) is 1. The second-order valence-corrected chi connectivity index (χ2v) is 3.57. The summed E-state index contributed by atoms with van der Waals surface area (Å²) in [5, 5.41) is 3.31.